The summed E-state index contributed by atoms with van der Waals surface area (Å²) in [5.41, 5.74) is 3.84. The van der Waals surface area contributed by atoms with E-state index in [-0.39, 0.29) is 0 Å². The van der Waals surface area contributed by atoms with Crippen molar-refractivity contribution in [3.63, 3.8) is 0 Å². The van der Waals surface area contributed by atoms with E-state index in [0.29, 0.717) is 10.9 Å². The van der Waals surface area contributed by atoms with Gasteiger partial charge in [0.15, 0.2) is 0 Å². The largest absolute Gasteiger partial charge is 0.497 e. The van der Waals surface area contributed by atoms with Gasteiger partial charge in [0.05, 0.1) is 28.7 Å². The Hall–Kier alpha value is -2.59. The van der Waals surface area contributed by atoms with Crippen molar-refractivity contribution in [2.24, 2.45) is 5.92 Å². The minimum Gasteiger partial charge on any atom is -0.497 e. The first-order valence-electron chi connectivity index (χ1n) is 10.3. The van der Waals surface area contributed by atoms with Crippen molar-refractivity contribution in [2.75, 3.05) is 7.11 Å². The van der Waals surface area contributed by atoms with Crippen LogP contribution in [0.25, 0.3) is 33.3 Å². The number of imidazole rings is 1. The second-order valence-corrected chi connectivity index (χ2v) is 8.29. The van der Waals surface area contributed by atoms with Crippen molar-refractivity contribution >= 4 is 33.5 Å². The molecule has 29 heavy (non-hydrogen) atoms. The third-order valence-electron chi connectivity index (χ3n) is 6.06. The number of fused-ring (bicyclic) bond motifs is 2. The second kappa shape index (κ2) is 7.68. The predicted octanol–water partition coefficient (Wildman–Crippen LogP) is 6.49. The summed E-state index contributed by atoms with van der Waals surface area (Å²) in [6.07, 6.45) is 8.31. The number of hydrogen-bond donors (Lipinski definition) is 0. The highest BCUT2D eigenvalue weighted by molar-refractivity contribution is 6.39. The van der Waals surface area contributed by atoms with E-state index in [0.717, 1.165) is 45.6 Å². The van der Waals surface area contributed by atoms with Crippen LogP contribution in [0.15, 0.2) is 48.7 Å². The van der Waals surface area contributed by atoms with E-state index in [1.54, 1.807) is 13.3 Å². The molecule has 148 valence electrons. The highest BCUT2D eigenvalue weighted by Crippen LogP contribution is 2.37. The van der Waals surface area contributed by atoms with Crippen molar-refractivity contribution in [3.05, 3.63) is 53.7 Å². The molecule has 0 bridgehead atoms. The maximum Gasteiger partial charge on any atom is 0.141 e. The molecule has 0 aliphatic heterocycles. The summed E-state index contributed by atoms with van der Waals surface area (Å²) in [5, 5.41) is 1.72. The normalized spacial score (nSPS) is 15.2. The molecule has 0 saturated heterocycles. The van der Waals surface area contributed by atoms with Crippen LogP contribution in [0.4, 0.5) is 0 Å². The predicted molar refractivity (Wildman–Crippen MR) is 119 cm³/mol. The summed E-state index contributed by atoms with van der Waals surface area (Å²) < 4.78 is 7.65. The lowest BCUT2D eigenvalue weighted by atomic mass is 9.89. The quantitative estimate of drug-likeness (QED) is 0.389. The monoisotopic (exact) mass is 405 g/mol. The summed E-state index contributed by atoms with van der Waals surface area (Å²) in [6.45, 7) is 0.940. The van der Waals surface area contributed by atoms with Crippen LogP contribution < -0.4 is 4.74 Å². The molecule has 2 heterocycles. The Kier molecular flexibility index (Phi) is 4.88. The van der Waals surface area contributed by atoms with Crippen LogP contribution in [-0.4, -0.2) is 21.6 Å². The van der Waals surface area contributed by atoms with Crippen molar-refractivity contribution in [1.29, 1.82) is 0 Å². The van der Waals surface area contributed by atoms with Gasteiger partial charge in [-0.05, 0) is 55.2 Å². The van der Waals surface area contributed by atoms with Crippen molar-refractivity contribution in [1.82, 2.24) is 14.5 Å². The van der Waals surface area contributed by atoms with Crippen LogP contribution in [-0.2, 0) is 6.54 Å². The average molecular weight is 406 g/mol. The molecule has 4 nitrogen and oxygen atoms in total. The number of benzene rings is 2. The van der Waals surface area contributed by atoms with Crippen molar-refractivity contribution in [2.45, 2.75) is 38.6 Å². The zero-order chi connectivity index (χ0) is 19.8. The van der Waals surface area contributed by atoms with Crippen LogP contribution in [0.3, 0.4) is 0 Å². The molecule has 2 aromatic heterocycles. The molecule has 5 rings (SSSR count). The Morgan fingerprint density at radius 3 is 2.66 bits per heavy atom. The zero-order valence-corrected chi connectivity index (χ0v) is 17.3. The molecule has 0 amide bonds. The number of pyridine rings is 1. The van der Waals surface area contributed by atoms with E-state index in [4.69, 9.17) is 21.3 Å². The van der Waals surface area contributed by atoms with Gasteiger partial charge in [-0.3, -0.25) is 4.98 Å². The summed E-state index contributed by atoms with van der Waals surface area (Å²) in [5.74, 6) is 2.47. The molecule has 5 heteroatoms. The summed E-state index contributed by atoms with van der Waals surface area (Å²) in [7, 11) is 1.69. The molecular formula is C24H24ClN3O. The molecule has 0 unspecified atom stereocenters. The van der Waals surface area contributed by atoms with Gasteiger partial charge in [-0.25, -0.2) is 4.98 Å². The first-order valence-corrected chi connectivity index (χ1v) is 10.7. The first-order chi connectivity index (χ1) is 14.2. The molecule has 1 fully saturated rings. The van der Waals surface area contributed by atoms with Gasteiger partial charge in [-0.2, -0.15) is 0 Å². The van der Waals surface area contributed by atoms with E-state index >= 15 is 0 Å². The lowest BCUT2D eigenvalue weighted by Crippen LogP contribution is -2.15. The minimum atomic E-state index is 0.661. The second-order valence-electron chi connectivity index (χ2n) is 7.91. The van der Waals surface area contributed by atoms with Crippen molar-refractivity contribution < 1.29 is 4.74 Å². The summed E-state index contributed by atoms with van der Waals surface area (Å²) in [4.78, 5) is 9.56. The molecule has 0 radical (unpaired) electrons. The van der Waals surface area contributed by atoms with Gasteiger partial charge in [0.2, 0.25) is 0 Å². The molecule has 1 aliphatic carbocycles. The molecule has 1 saturated carbocycles. The number of ether oxygens (including phenoxy) is 1. The van der Waals surface area contributed by atoms with Gasteiger partial charge in [0, 0.05) is 23.7 Å². The van der Waals surface area contributed by atoms with Crippen LogP contribution in [0.5, 0.6) is 5.75 Å². The summed E-state index contributed by atoms with van der Waals surface area (Å²) in [6, 6.07) is 14.2. The fourth-order valence-corrected chi connectivity index (χ4v) is 4.90. The minimum absolute atomic E-state index is 0.661. The number of halogens is 1. The molecule has 4 aromatic rings. The Labute approximate surface area is 175 Å². The SMILES string of the molecule is COc1ccc(-c2nc3cc4cccnc4c(Cl)c3n2CC2CCCCC2)cc1. The number of hydrogen-bond acceptors (Lipinski definition) is 3. The van der Waals surface area contributed by atoms with E-state index in [2.05, 4.69) is 27.8 Å². The fraction of sp³-hybridized carbons (Fsp3) is 0.333. The molecular weight excluding hydrogens is 382 g/mol. The van der Waals surface area contributed by atoms with Gasteiger partial charge in [0.25, 0.3) is 0 Å². The Morgan fingerprint density at radius 1 is 1.10 bits per heavy atom. The number of aromatic nitrogens is 3. The van der Waals surface area contributed by atoms with Crippen LogP contribution in [0.2, 0.25) is 5.02 Å². The average Bonchev–Trinajstić information content (AvgIpc) is 3.13. The standard InChI is InChI=1S/C24H24ClN3O/c1-29-19-11-9-17(10-12-19)24-27-20-14-18-8-5-13-26-22(18)21(25)23(20)28(24)15-16-6-3-2-4-7-16/h5,8-14,16H,2-4,6-7,15H2,1H3. The van der Waals surface area contributed by atoms with Crippen LogP contribution in [0, 0.1) is 5.92 Å². The topological polar surface area (TPSA) is 39.9 Å². The van der Waals surface area contributed by atoms with E-state index in [9.17, 15) is 0 Å². The van der Waals surface area contributed by atoms with E-state index < -0.39 is 0 Å². The third-order valence-corrected chi connectivity index (χ3v) is 6.41. The Balaban J connectivity index is 1.72. The highest BCUT2D eigenvalue weighted by atomic mass is 35.5. The Bertz CT molecular complexity index is 1160. The Morgan fingerprint density at radius 2 is 1.90 bits per heavy atom. The van der Waals surface area contributed by atoms with Crippen molar-refractivity contribution in [3.8, 4) is 17.1 Å². The van der Waals surface area contributed by atoms with E-state index in [1.807, 2.05) is 24.3 Å². The van der Waals surface area contributed by atoms with Gasteiger partial charge in [-0.15, -0.1) is 0 Å². The van der Waals surface area contributed by atoms with Crippen LogP contribution >= 0.6 is 11.6 Å². The molecule has 0 atom stereocenters. The summed E-state index contributed by atoms with van der Waals surface area (Å²) >= 11 is 6.90. The maximum atomic E-state index is 6.90. The van der Waals surface area contributed by atoms with Gasteiger partial charge in [-0.1, -0.05) is 36.9 Å². The fourth-order valence-electron chi connectivity index (χ4n) is 4.55. The zero-order valence-electron chi connectivity index (χ0n) is 16.6. The maximum absolute atomic E-state index is 6.90. The first kappa shape index (κ1) is 18.4. The van der Waals surface area contributed by atoms with Gasteiger partial charge in [0.1, 0.15) is 11.6 Å². The highest BCUT2D eigenvalue weighted by Gasteiger charge is 2.22. The smallest absolute Gasteiger partial charge is 0.141 e. The van der Waals surface area contributed by atoms with E-state index in [1.165, 1.54) is 32.1 Å². The van der Waals surface area contributed by atoms with Gasteiger partial charge < -0.3 is 9.30 Å². The lowest BCUT2D eigenvalue weighted by Gasteiger charge is -2.23. The van der Waals surface area contributed by atoms with Gasteiger partial charge >= 0.3 is 0 Å². The molecule has 0 spiro atoms. The number of methoxy groups -OCH3 is 1. The van der Waals surface area contributed by atoms with Crippen LogP contribution in [0.1, 0.15) is 32.1 Å². The molecule has 0 N–H and O–H groups in total. The molecule has 1 aliphatic rings. The number of rotatable bonds is 4. The molecule has 2 aromatic carbocycles. The third kappa shape index (κ3) is 3.36. The number of nitrogens with zero attached hydrogens (tertiary/aromatic N) is 3. The lowest BCUT2D eigenvalue weighted by molar-refractivity contribution is 0.323.